The highest BCUT2D eigenvalue weighted by atomic mass is 16.6. The lowest BCUT2D eigenvalue weighted by Gasteiger charge is -2.22. The third-order valence-electron chi connectivity index (χ3n) is 2.30. The number of nitrogens with one attached hydrogen (secondary N) is 1. The van der Waals surface area contributed by atoms with E-state index in [1.54, 1.807) is 6.07 Å². The highest BCUT2D eigenvalue weighted by molar-refractivity contribution is 5.79. The molecule has 1 rings (SSSR count). The lowest BCUT2D eigenvalue weighted by molar-refractivity contribution is -0.127. The Labute approximate surface area is 87.4 Å². The lowest BCUT2D eigenvalue weighted by atomic mass is 9.93. The number of nitriles is 1. The third-order valence-corrected chi connectivity index (χ3v) is 2.30. The molecule has 15 heavy (non-hydrogen) atoms. The van der Waals surface area contributed by atoms with Crippen LogP contribution in [0, 0.1) is 17.2 Å². The summed E-state index contributed by atoms with van der Waals surface area (Å²) in [4.78, 5) is 21.8. The molecule has 0 saturated carbocycles. The van der Waals surface area contributed by atoms with Gasteiger partial charge in [0.15, 0.2) is 6.10 Å². The van der Waals surface area contributed by atoms with Gasteiger partial charge in [0.2, 0.25) is 5.91 Å². The normalized spacial score (nSPS) is 22.3. The maximum atomic E-state index is 11.3. The van der Waals surface area contributed by atoms with E-state index in [0.717, 1.165) is 6.42 Å². The van der Waals surface area contributed by atoms with Gasteiger partial charge in [0.1, 0.15) is 6.07 Å². The van der Waals surface area contributed by atoms with Crippen LogP contribution in [-0.2, 0) is 9.53 Å². The van der Waals surface area contributed by atoms with E-state index in [-0.39, 0.29) is 18.2 Å². The molecule has 0 aromatic heterocycles. The molecular formula is C9H13N3O3. The van der Waals surface area contributed by atoms with Crippen molar-refractivity contribution in [3.05, 3.63) is 0 Å². The number of carbonyl (C=O) groups excluding carboxylic acids is 2. The molecule has 82 valence electrons. The predicted octanol–water partition coefficient (Wildman–Crippen LogP) is -0.110. The molecule has 0 radical (unpaired) electrons. The summed E-state index contributed by atoms with van der Waals surface area (Å²) < 4.78 is 4.55. The number of nitrogens with zero attached hydrogens (tertiary/aromatic N) is 1. The standard InChI is InChI=1S/C9H13N3O3/c10-5-7(15-9(11)14)4-6-2-1-3-12-8(6)13/h6-7H,1-4H2,(H2,11,14)(H,12,13)/t6-,7-/m0/s1. The van der Waals surface area contributed by atoms with Crippen molar-refractivity contribution in [3.8, 4) is 6.07 Å². The van der Waals surface area contributed by atoms with Gasteiger partial charge >= 0.3 is 6.09 Å². The van der Waals surface area contributed by atoms with Gasteiger partial charge in [-0.2, -0.15) is 5.26 Å². The lowest BCUT2D eigenvalue weighted by Crippen LogP contribution is -2.38. The van der Waals surface area contributed by atoms with Gasteiger partial charge < -0.3 is 15.8 Å². The van der Waals surface area contributed by atoms with Crippen molar-refractivity contribution in [3.63, 3.8) is 0 Å². The van der Waals surface area contributed by atoms with Crippen LogP contribution in [0.5, 0.6) is 0 Å². The average Bonchev–Trinajstić information content (AvgIpc) is 2.19. The van der Waals surface area contributed by atoms with Gasteiger partial charge in [0.25, 0.3) is 0 Å². The number of primary amides is 1. The maximum Gasteiger partial charge on any atom is 0.405 e. The quantitative estimate of drug-likeness (QED) is 0.679. The van der Waals surface area contributed by atoms with Crippen molar-refractivity contribution >= 4 is 12.0 Å². The smallest absolute Gasteiger partial charge is 0.405 e. The highest BCUT2D eigenvalue weighted by Gasteiger charge is 2.26. The molecule has 2 atom stereocenters. The van der Waals surface area contributed by atoms with Gasteiger partial charge in [-0.25, -0.2) is 4.79 Å². The monoisotopic (exact) mass is 211 g/mol. The summed E-state index contributed by atoms with van der Waals surface area (Å²) in [6, 6.07) is 1.80. The molecule has 0 unspecified atom stereocenters. The highest BCUT2D eigenvalue weighted by Crippen LogP contribution is 2.18. The van der Waals surface area contributed by atoms with Gasteiger partial charge in [-0.3, -0.25) is 4.79 Å². The molecule has 1 saturated heterocycles. The van der Waals surface area contributed by atoms with E-state index < -0.39 is 12.2 Å². The first kappa shape index (κ1) is 11.3. The number of rotatable bonds is 3. The molecule has 2 amide bonds. The van der Waals surface area contributed by atoms with Gasteiger partial charge in [-0.15, -0.1) is 0 Å². The molecule has 1 aliphatic rings. The molecule has 0 aliphatic carbocycles. The van der Waals surface area contributed by atoms with Gasteiger partial charge in [-0.1, -0.05) is 0 Å². The summed E-state index contributed by atoms with van der Waals surface area (Å²) in [5.41, 5.74) is 4.80. The van der Waals surface area contributed by atoms with E-state index in [9.17, 15) is 9.59 Å². The second-order valence-electron chi connectivity index (χ2n) is 3.42. The number of carbonyl (C=O) groups is 2. The number of hydrogen-bond acceptors (Lipinski definition) is 4. The minimum absolute atomic E-state index is 0.0884. The molecule has 6 nitrogen and oxygen atoms in total. The van der Waals surface area contributed by atoms with Crippen molar-refractivity contribution < 1.29 is 14.3 Å². The molecule has 0 aromatic carbocycles. The van der Waals surface area contributed by atoms with Crippen molar-refractivity contribution in [1.82, 2.24) is 5.32 Å². The SMILES string of the molecule is N#C[C@H](C[C@@H]1CCCNC1=O)OC(N)=O. The Bertz CT molecular complexity index is 297. The molecular weight excluding hydrogens is 198 g/mol. The zero-order valence-corrected chi connectivity index (χ0v) is 8.23. The van der Waals surface area contributed by atoms with Crippen molar-refractivity contribution in [2.75, 3.05) is 6.54 Å². The molecule has 0 bridgehead atoms. The first-order valence-corrected chi connectivity index (χ1v) is 4.77. The van der Waals surface area contributed by atoms with Crippen LogP contribution in [-0.4, -0.2) is 24.6 Å². The fraction of sp³-hybridized carbons (Fsp3) is 0.667. The molecule has 1 aliphatic heterocycles. The van der Waals surface area contributed by atoms with E-state index in [4.69, 9.17) is 11.0 Å². The number of hydrogen-bond donors (Lipinski definition) is 2. The van der Waals surface area contributed by atoms with Crippen molar-refractivity contribution in [2.45, 2.75) is 25.4 Å². The zero-order chi connectivity index (χ0) is 11.3. The molecule has 0 aromatic rings. The van der Waals surface area contributed by atoms with Crippen LogP contribution >= 0.6 is 0 Å². The van der Waals surface area contributed by atoms with Crippen LogP contribution in [0.25, 0.3) is 0 Å². The van der Waals surface area contributed by atoms with Crippen LogP contribution < -0.4 is 11.1 Å². The Morgan fingerprint density at radius 3 is 3.07 bits per heavy atom. The second kappa shape index (κ2) is 5.20. The summed E-state index contributed by atoms with van der Waals surface area (Å²) in [6.45, 7) is 0.670. The predicted molar refractivity (Wildman–Crippen MR) is 50.4 cm³/mol. The molecule has 1 fully saturated rings. The van der Waals surface area contributed by atoms with Crippen LogP contribution in [0.3, 0.4) is 0 Å². The first-order chi connectivity index (χ1) is 7.13. The van der Waals surface area contributed by atoms with Crippen LogP contribution in [0.15, 0.2) is 0 Å². The minimum atomic E-state index is -0.988. The topological polar surface area (TPSA) is 105 Å². The summed E-state index contributed by atoms with van der Waals surface area (Å²) in [5.74, 6) is -0.350. The number of ether oxygens (including phenoxy) is 1. The fourth-order valence-electron chi connectivity index (χ4n) is 1.59. The first-order valence-electron chi connectivity index (χ1n) is 4.77. The Hall–Kier alpha value is -1.77. The summed E-state index contributed by atoms with van der Waals surface area (Å²) in [6.07, 6.45) is -0.114. The fourth-order valence-corrected chi connectivity index (χ4v) is 1.59. The largest absolute Gasteiger partial charge is 0.431 e. The second-order valence-corrected chi connectivity index (χ2v) is 3.42. The summed E-state index contributed by atoms with van der Waals surface area (Å²) in [5, 5.41) is 11.4. The van der Waals surface area contributed by atoms with Crippen LogP contribution in [0.4, 0.5) is 4.79 Å². The van der Waals surface area contributed by atoms with Gasteiger partial charge in [-0.05, 0) is 12.8 Å². The summed E-state index contributed by atoms with van der Waals surface area (Å²) >= 11 is 0. The van der Waals surface area contributed by atoms with Crippen LogP contribution in [0.2, 0.25) is 0 Å². The van der Waals surface area contributed by atoms with Crippen molar-refractivity contribution in [2.24, 2.45) is 11.7 Å². The Kier molecular flexibility index (Phi) is 3.92. The van der Waals surface area contributed by atoms with E-state index >= 15 is 0 Å². The number of amides is 2. The van der Waals surface area contributed by atoms with E-state index in [1.807, 2.05) is 0 Å². The number of nitrogens with two attached hydrogens (primary N) is 1. The van der Waals surface area contributed by atoms with E-state index in [1.165, 1.54) is 0 Å². The van der Waals surface area contributed by atoms with E-state index in [2.05, 4.69) is 10.1 Å². The van der Waals surface area contributed by atoms with Crippen molar-refractivity contribution in [1.29, 1.82) is 5.26 Å². The Morgan fingerprint density at radius 1 is 1.80 bits per heavy atom. The van der Waals surface area contributed by atoms with Crippen LogP contribution in [0.1, 0.15) is 19.3 Å². The van der Waals surface area contributed by atoms with Gasteiger partial charge in [0, 0.05) is 18.9 Å². The zero-order valence-electron chi connectivity index (χ0n) is 8.23. The minimum Gasteiger partial charge on any atom is -0.431 e. The third kappa shape index (κ3) is 3.46. The Morgan fingerprint density at radius 2 is 2.53 bits per heavy atom. The van der Waals surface area contributed by atoms with E-state index in [0.29, 0.717) is 13.0 Å². The Balaban J connectivity index is 2.47. The average molecular weight is 211 g/mol. The molecule has 1 heterocycles. The summed E-state index contributed by atoms with van der Waals surface area (Å²) in [7, 11) is 0. The number of piperidine rings is 1. The van der Waals surface area contributed by atoms with Gasteiger partial charge in [0.05, 0.1) is 0 Å². The molecule has 0 spiro atoms. The molecule has 6 heteroatoms. The molecule has 3 N–H and O–H groups in total. The maximum absolute atomic E-state index is 11.3.